The molecule has 5 nitrogen and oxygen atoms in total. The predicted octanol–water partition coefficient (Wildman–Crippen LogP) is 6.08. The SMILES string of the molecule is COc1ccc(-n2c(-c3ccc(F)cc3F)nc3c4cccnc4c4ncccc4c32)cc1. The molecule has 0 radical (unpaired) electrons. The van der Waals surface area contributed by atoms with Gasteiger partial charge < -0.3 is 4.74 Å². The molecule has 3 heterocycles. The minimum Gasteiger partial charge on any atom is -0.497 e. The van der Waals surface area contributed by atoms with Crippen LogP contribution in [0.5, 0.6) is 5.75 Å². The number of pyridine rings is 2. The maximum atomic E-state index is 15.0. The number of aromatic nitrogens is 4. The quantitative estimate of drug-likeness (QED) is 0.315. The van der Waals surface area contributed by atoms with Crippen LogP contribution in [0.15, 0.2) is 79.1 Å². The summed E-state index contributed by atoms with van der Waals surface area (Å²) in [5, 5.41) is 1.63. The van der Waals surface area contributed by atoms with E-state index >= 15 is 0 Å². The summed E-state index contributed by atoms with van der Waals surface area (Å²) in [5.74, 6) is -0.286. The number of nitrogens with zero attached hydrogens (tertiary/aromatic N) is 4. The second kappa shape index (κ2) is 7.34. The van der Waals surface area contributed by atoms with Gasteiger partial charge in [-0.05, 0) is 60.7 Å². The Morgan fingerprint density at radius 1 is 0.788 bits per heavy atom. The van der Waals surface area contributed by atoms with Crippen molar-refractivity contribution in [1.82, 2.24) is 19.5 Å². The average molecular weight is 438 g/mol. The summed E-state index contributed by atoms with van der Waals surface area (Å²) in [6.45, 7) is 0. The zero-order chi connectivity index (χ0) is 22.5. The molecule has 6 rings (SSSR count). The molecule has 0 amide bonds. The summed E-state index contributed by atoms with van der Waals surface area (Å²) in [6.07, 6.45) is 3.43. The molecule has 0 aliphatic rings. The second-order valence-corrected chi connectivity index (χ2v) is 7.59. The summed E-state index contributed by atoms with van der Waals surface area (Å²) >= 11 is 0. The Labute approximate surface area is 186 Å². The van der Waals surface area contributed by atoms with Crippen molar-refractivity contribution in [2.24, 2.45) is 0 Å². The van der Waals surface area contributed by atoms with Gasteiger partial charge in [-0.15, -0.1) is 0 Å². The molecular formula is C26H16F2N4O. The van der Waals surface area contributed by atoms with Crippen LogP contribution in [-0.2, 0) is 0 Å². The molecule has 0 unspecified atom stereocenters. The standard InChI is InChI=1S/C26H16F2N4O/c1-33-17-9-7-16(8-10-17)32-25-20-5-3-13-30-23(20)22-19(4-2-12-29-22)24(25)31-26(32)18-11-6-15(27)14-21(18)28/h2-14H,1H3. The Balaban J connectivity index is 1.83. The number of methoxy groups -OCH3 is 1. The number of hydrogen-bond donors (Lipinski definition) is 0. The van der Waals surface area contributed by atoms with Gasteiger partial charge in [0.25, 0.3) is 0 Å². The molecule has 0 bridgehead atoms. The van der Waals surface area contributed by atoms with Gasteiger partial charge in [-0.1, -0.05) is 0 Å². The van der Waals surface area contributed by atoms with Gasteiger partial charge >= 0.3 is 0 Å². The van der Waals surface area contributed by atoms with Crippen molar-refractivity contribution in [2.75, 3.05) is 7.11 Å². The van der Waals surface area contributed by atoms with Crippen LogP contribution in [0, 0.1) is 11.6 Å². The van der Waals surface area contributed by atoms with E-state index in [-0.39, 0.29) is 5.56 Å². The van der Waals surface area contributed by atoms with Crippen LogP contribution in [0.25, 0.3) is 49.9 Å². The van der Waals surface area contributed by atoms with Crippen LogP contribution < -0.4 is 4.74 Å². The molecule has 3 aromatic heterocycles. The summed E-state index contributed by atoms with van der Waals surface area (Å²) < 4.78 is 35.8. The van der Waals surface area contributed by atoms with E-state index in [2.05, 4.69) is 9.97 Å². The van der Waals surface area contributed by atoms with Gasteiger partial charge in [-0.25, -0.2) is 13.8 Å². The third kappa shape index (κ3) is 2.93. The summed E-state index contributed by atoms with van der Waals surface area (Å²) in [7, 11) is 1.60. The van der Waals surface area contributed by atoms with E-state index in [0.29, 0.717) is 22.6 Å². The highest BCUT2D eigenvalue weighted by atomic mass is 19.1. The average Bonchev–Trinajstić information content (AvgIpc) is 3.25. The Morgan fingerprint density at radius 3 is 2.18 bits per heavy atom. The number of imidazole rings is 1. The first kappa shape index (κ1) is 19.3. The normalized spacial score (nSPS) is 11.5. The van der Waals surface area contributed by atoms with Gasteiger partial charge in [0.15, 0.2) is 0 Å². The van der Waals surface area contributed by atoms with E-state index in [1.807, 2.05) is 53.1 Å². The minimum absolute atomic E-state index is 0.192. The Hall–Kier alpha value is -4.39. The number of hydrogen-bond acceptors (Lipinski definition) is 4. The number of ether oxygens (including phenoxy) is 1. The third-order valence-corrected chi connectivity index (χ3v) is 5.73. The zero-order valence-electron chi connectivity index (χ0n) is 17.5. The first-order valence-electron chi connectivity index (χ1n) is 10.3. The van der Waals surface area contributed by atoms with Crippen molar-refractivity contribution < 1.29 is 13.5 Å². The van der Waals surface area contributed by atoms with Crippen molar-refractivity contribution >= 4 is 32.8 Å². The molecule has 160 valence electrons. The molecule has 6 aromatic rings. The Bertz CT molecular complexity index is 1680. The van der Waals surface area contributed by atoms with Crippen molar-refractivity contribution in [2.45, 2.75) is 0 Å². The van der Waals surface area contributed by atoms with E-state index in [1.54, 1.807) is 19.5 Å². The number of rotatable bonds is 3. The lowest BCUT2D eigenvalue weighted by atomic mass is 10.1. The molecule has 0 fully saturated rings. The molecule has 0 saturated carbocycles. The summed E-state index contributed by atoms with van der Waals surface area (Å²) in [5.41, 5.74) is 3.81. The lowest BCUT2D eigenvalue weighted by molar-refractivity contribution is 0.415. The zero-order valence-corrected chi connectivity index (χ0v) is 17.5. The summed E-state index contributed by atoms with van der Waals surface area (Å²) in [6, 6.07) is 18.5. The highest BCUT2D eigenvalue weighted by Gasteiger charge is 2.22. The molecule has 0 spiro atoms. The molecule has 0 aliphatic heterocycles. The van der Waals surface area contributed by atoms with Gasteiger partial charge in [-0.3, -0.25) is 14.5 Å². The highest BCUT2D eigenvalue weighted by Crippen LogP contribution is 2.38. The number of fused-ring (bicyclic) bond motifs is 6. The molecular weight excluding hydrogens is 422 g/mol. The fourth-order valence-corrected chi connectivity index (χ4v) is 4.26. The molecule has 0 aliphatic carbocycles. The lowest BCUT2D eigenvalue weighted by Crippen LogP contribution is -2.00. The number of halogens is 2. The van der Waals surface area contributed by atoms with Gasteiger partial charge in [0.2, 0.25) is 0 Å². The van der Waals surface area contributed by atoms with Crippen LogP contribution in [-0.4, -0.2) is 26.6 Å². The molecule has 0 saturated heterocycles. The molecule has 0 N–H and O–H groups in total. The van der Waals surface area contributed by atoms with E-state index in [0.717, 1.165) is 33.6 Å². The first-order chi connectivity index (χ1) is 16.2. The Kier molecular flexibility index (Phi) is 4.29. The van der Waals surface area contributed by atoms with Gasteiger partial charge in [0.05, 0.1) is 34.7 Å². The van der Waals surface area contributed by atoms with Crippen molar-refractivity contribution in [3.8, 4) is 22.8 Å². The third-order valence-electron chi connectivity index (χ3n) is 5.73. The van der Waals surface area contributed by atoms with Crippen molar-refractivity contribution in [3.63, 3.8) is 0 Å². The van der Waals surface area contributed by atoms with Gasteiger partial charge in [0, 0.05) is 34.9 Å². The smallest absolute Gasteiger partial charge is 0.148 e. The molecule has 3 aromatic carbocycles. The topological polar surface area (TPSA) is 52.8 Å². The second-order valence-electron chi connectivity index (χ2n) is 7.59. The first-order valence-corrected chi connectivity index (χ1v) is 10.3. The number of benzene rings is 3. The van der Waals surface area contributed by atoms with E-state index in [1.165, 1.54) is 12.1 Å². The maximum Gasteiger partial charge on any atom is 0.148 e. The molecule has 33 heavy (non-hydrogen) atoms. The fourth-order valence-electron chi connectivity index (χ4n) is 4.26. The van der Waals surface area contributed by atoms with E-state index < -0.39 is 11.6 Å². The van der Waals surface area contributed by atoms with Crippen LogP contribution in [0.3, 0.4) is 0 Å². The Morgan fingerprint density at radius 2 is 1.48 bits per heavy atom. The van der Waals surface area contributed by atoms with Crippen LogP contribution in [0.1, 0.15) is 0 Å². The fraction of sp³-hybridized carbons (Fsp3) is 0.0385. The van der Waals surface area contributed by atoms with Crippen LogP contribution in [0.4, 0.5) is 8.78 Å². The molecule has 7 heteroatoms. The lowest BCUT2D eigenvalue weighted by Gasteiger charge is -2.12. The maximum absolute atomic E-state index is 15.0. The highest BCUT2D eigenvalue weighted by molar-refractivity contribution is 6.21. The van der Waals surface area contributed by atoms with E-state index in [9.17, 15) is 8.78 Å². The summed E-state index contributed by atoms with van der Waals surface area (Å²) in [4.78, 5) is 14.0. The van der Waals surface area contributed by atoms with Crippen LogP contribution >= 0.6 is 0 Å². The van der Waals surface area contributed by atoms with Gasteiger partial charge in [0.1, 0.15) is 23.2 Å². The largest absolute Gasteiger partial charge is 0.497 e. The van der Waals surface area contributed by atoms with Crippen molar-refractivity contribution in [3.05, 3.63) is 90.8 Å². The monoisotopic (exact) mass is 438 g/mol. The van der Waals surface area contributed by atoms with Crippen molar-refractivity contribution in [1.29, 1.82) is 0 Å². The predicted molar refractivity (Wildman–Crippen MR) is 124 cm³/mol. The molecule has 0 atom stereocenters. The van der Waals surface area contributed by atoms with Gasteiger partial charge in [-0.2, -0.15) is 0 Å². The minimum atomic E-state index is -0.690. The van der Waals surface area contributed by atoms with E-state index in [4.69, 9.17) is 9.72 Å². The van der Waals surface area contributed by atoms with Crippen LogP contribution in [0.2, 0.25) is 0 Å².